The van der Waals surface area contributed by atoms with E-state index in [1.165, 1.54) is 0 Å². The second kappa shape index (κ2) is 2.82. The Morgan fingerprint density at radius 2 is 2.50 bits per heavy atom. The largest absolute Gasteiger partial charge is 0.309 e. The van der Waals surface area contributed by atoms with E-state index in [0.717, 1.165) is 7.11 Å². The quantitative estimate of drug-likeness (QED) is 0.403. The van der Waals surface area contributed by atoms with Crippen molar-refractivity contribution in [3.05, 3.63) is 0 Å². The second-order valence-electron chi connectivity index (χ2n) is 1.18. The summed E-state index contributed by atoms with van der Waals surface area (Å²) in [5.41, 5.74) is 0. The van der Waals surface area contributed by atoms with Crippen LogP contribution in [-0.2, 0) is 14.7 Å². The molecular formula is C4H8O3S. The van der Waals surface area contributed by atoms with Crippen LogP contribution in [0, 0.1) is 12.3 Å². The maximum atomic E-state index is 10.4. The summed E-state index contributed by atoms with van der Waals surface area (Å²) in [6, 6.07) is 0. The molecule has 0 aliphatic rings. The van der Waals surface area contributed by atoms with Crippen LogP contribution in [0.4, 0.5) is 0 Å². The van der Waals surface area contributed by atoms with Crippen molar-refractivity contribution < 1.29 is 12.9 Å². The summed E-state index contributed by atoms with van der Waals surface area (Å²) < 4.78 is 23.0. The minimum Gasteiger partial charge on any atom is -0.309 e. The van der Waals surface area contributed by atoms with Gasteiger partial charge in [0.05, 0.1) is 17.6 Å². The molecule has 0 heterocycles. The van der Waals surface area contributed by atoms with Crippen LogP contribution in [0.25, 0.3) is 0 Å². The molecule has 0 rings (SSSR count). The predicted octanol–water partition coefficient (Wildman–Crippen LogP) is -0.329. The van der Waals surface area contributed by atoms with Crippen molar-refractivity contribution in [2.24, 2.45) is 0 Å². The van der Waals surface area contributed by atoms with Crippen LogP contribution in [0.15, 0.2) is 0 Å². The molecule has 0 aromatic heterocycles. The molecule has 0 spiro atoms. The maximum Gasteiger partial charge on any atom is 0.105 e. The Balaban J connectivity index is 3.78. The van der Waals surface area contributed by atoms with Crippen LogP contribution in [-0.4, -0.2) is 21.6 Å². The van der Waals surface area contributed by atoms with Gasteiger partial charge in [-0.1, -0.05) is 5.92 Å². The zero-order valence-electron chi connectivity index (χ0n) is 4.50. The first kappa shape index (κ1) is 7.63. The third-order valence-corrected chi connectivity index (χ3v) is 1.73. The van der Waals surface area contributed by atoms with Crippen molar-refractivity contribution >= 4 is 10.5 Å². The molecule has 0 aromatic rings. The zero-order valence-corrected chi connectivity index (χ0v) is 5.39. The Bertz CT molecular complexity index is 146. The molecule has 0 atom stereocenters. The van der Waals surface area contributed by atoms with Crippen molar-refractivity contribution in [3.8, 4) is 12.3 Å². The molecule has 3 nitrogen and oxygen atoms in total. The standard InChI is InChI=1S/C4H8O3S/c1-3-4-8(5,6)7-2/h1,8H,4H2,2H3,(H,5,6). The summed E-state index contributed by atoms with van der Waals surface area (Å²) in [6.07, 6.45) is 4.73. The molecule has 0 amide bonds. The predicted molar refractivity (Wildman–Crippen MR) is 32.9 cm³/mol. The summed E-state index contributed by atoms with van der Waals surface area (Å²) in [5.74, 6) is 1.80. The number of hydrogen-bond donors (Lipinski definition) is 2. The number of hydrogen-bond acceptors (Lipinski definition) is 2. The monoisotopic (exact) mass is 136 g/mol. The highest BCUT2D eigenvalue weighted by Crippen LogP contribution is 1.95. The molecule has 0 aromatic carbocycles. The highest BCUT2D eigenvalue weighted by Gasteiger charge is 2.02. The van der Waals surface area contributed by atoms with Gasteiger partial charge in [-0.3, -0.25) is 4.18 Å². The third kappa shape index (κ3) is 2.75. The van der Waals surface area contributed by atoms with Crippen LogP contribution >= 0.6 is 0 Å². The van der Waals surface area contributed by atoms with Crippen LogP contribution in [0.5, 0.6) is 0 Å². The Morgan fingerprint density at radius 3 is 2.62 bits per heavy atom. The molecule has 0 bridgehead atoms. The highest BCUT2D eigenvalue weighted by atomic mass is 32.3. The van der Waals surface area contributed by atoms with Gasteiger partial charge in [-0.2, -0.15) is 0 Å². The van der Waals surface area contributed by atoms with Gasteiger partial charge in [-0.25, -0.2) is 4.21 Å². The van der Waals surface area contributed by atoms with E-state index in [2.05, 4.69) is 4.18 Å². The van der Waals surface area contributed by atoms with Crippen molar-refractivity contribution in [3.63, 3.8) is 0 Å². The molecular weight excluding hydrogens is 128 g/mol. The summed E-state index contributed by atoms with van der Waals surface area (Å²) in [6.45, 7) is 0. The molecule has 8 heavy (non-hydrogen) atoms. The third-order valence-electron chi connectivity index (χ3n) is 0.576. The lowest BCUT2D eigenvalue weighted by atomic mass is 10.8. The topological polar surface area (TPSA) is 46.5 Å². The number of rotatable bonds is 2. The van der Waals surface area contributed by atoms with E-state index < -0.39 is 10.5 Å². The fourth-order valence-corrected chi connectivity index (χ4v) is 0.540. The maximum absolute atomic E-state index is 10.4. The average molecular weight is 136 g/mol. The SMILES string of the molecule is C#CC[SH](=O)(O)OC. The van der Waals surface area contributed by atoms with Crippen LogP contribution in [0.1, 0.15) is 0 Å². The van der Waals surface area contributed by atoms with Gasteiger partial charge in [0.15, 0.2) is 0 Å². The molecule has 0 saturated heterocycles. The first-order valence-electron chi connectivity index (χ1n) is 1.93. The van der Waals surface area contributed by atoms with Gasteiger partial charge in [0, 0.05) is 0 Å². The first-order valence-corrected chi connectivity index (χ1v) is 3.69. The van der Waals surface area contributed by atoms with Crippen molar-refractivity contribution in [2.75, 3.05) is 12.9 Å². The summed E-state index contributed by atoms with van der Waals surface area (Å²) in [5, 5.41) is 0. The van der Waals surface area contributed by atoms with Gasteiger partial charge in [0.2, 0.25) is 0 Å². The molecule has 0 unspecified atom stereocenters. The van der Waals surface area contributed by atoms with E-state index in [1.54, 1.807) is 0 Å². The van der Waals surface area contributed by atoms with Crippen molar-refractivity contribution in [1.82, 2.24) is 0 Å². The Kier molecular flexibility index (Phi) is 2.69. The Labute approximate surface area is 49.5 Å². The van der Waals surface area contributed by atoms with E-state index in [0.29, 0.717) is 0 Å². The molecule has 0 saturated carbocycles. The summed E-state index contributed by atoms with van der Waals surface area (Å²) >= 11 is 0. The van der Waals surface area contributed by atoms with Crippen LogP contribution in [0.3, 0.4) is 0 Å². The van der Waals surface area contributed by atoms with E-state index in [1.807, 2.05) is 5.92 Å². The van der Waals surface area contributed by atoms with Crippen molar-refractivity contribution in [1.29, 1.82) is 0 Å². The van der Waals surface area contributed by atoms with Gasteiger partial charge in [-0.15, -0.1) is 6.42 Å². The molecule has 1 N–H and O–H groups in total. The van der Waals surface area contributed by atoms with Crippen LogP contribution < -0.4 is 0 Å². The van der Waals surface area contributed by atoms with E-state index >= 15 is 0 Å². The van der Waals surface area contributed by atoms with Gasteiger partial charge in [-0.05, 0) is 0 Å². The van der Waals surface area contributed by atoms with Gasteiger partial charge >= 0.3 is 0 Å². The molecule has 48 valence electrons. The molecule has 0 fully saturated rings. The second-order valence-corrected chi connectivity index (χ2v) is 3.14. The smallest absolute Gasteiger partial charge is 0.105 e. The number of thiol groups is 1. The van der Waals surface area contributed by atoms with Gasteiger partial charge < -0.3 is 4.55 Å². The average Bonchev–Trinajstić information content (AvgIpc) is 1.67. The lowest BCUT2D eigenvalue weighted by Gasteiger charge is -2.09. The van der Waals surface area contributed by atoms with Gasteiger partial charge in [0.25, 0.3) is 0 Å². The lowest BCUT2D eigenvalue weighted by molar-refractivity contribution is 0.358. The van der Waals surface area contributed by atoms with E-state index in [-0.39, 0.29) is 5.75 Å². The fraction of sp³-hybridized carbons (Fsp3) is 0.500. The minimum absolute atomic E-state index is 0.219. The normalized spacial score (nSPS) is 12.6. The minimum atomic E-state index is -3.41. The zero-order chi connectivity index (χ0) is 6.62. The van der Waals surface area contributed by atoms with Crippen LogP contribution in [0.2, 0.25) is 0 Å². The highest BCUT2D eigenvalue weighted by molar-refractivity contribution is 7.93. The van der Waals surface area contributed by atoms with E-state index in [4.69, 9.17) is 11.0 Å². The molecule has 4 heteroatoms. The first-order chi connectivity index (χ1) is 3.62. The van der Waals surface area contributed by atoms with Crippen molar-refractivity contribution in [2.45, 2.75) is 0 Å². The summed E-state index contributed by atoms with van der Waals surface area (Å²) in [7, 11) is -2.26. The lowest BCUT2D eigenvalue weighted by Crippen LogP contribution is -2.15. The Morgan fingerprint density at radius 1 is 2.00 bits per heavy atom. The Hall–Kier alpha value is -0.370. The fourth-order valence-electron chi connectivity index (χ4n) is 0.180. The molecule has 0 aliphatic carbocycles. The van der Waals surface area contributed by atoms with Gasteiger partial charge in [0.1, 0.15) is 5.75 Å². The molecule has 0 radical (unpaired) electrons. The number of terminal acetylenes is 1. The summed E-state index contributed by atoms with van der Waals surface area (Å²) in [4.78, 5) is 0. The molecule has 0 aliphatic heterocycles. The van der Waals surface area contributed by atoms with E-state index in [9.17, 15) is 4.21 Å².